The maximum absolute atomic E-state index is 7.88. The number of hydrogen-bond acceptors (Lipinski definition) is 0. The van der Waals surface area contributed by atoms with Crippen molar-refractivity contribution in [3.63, 3.8) is 0 Å². The summed E-state index contributed by atoms with van der Waals surface area (Å²) in [6.45, 7) is 17.1. The first-order chi connectivity index (χ1) is 12.0. The Morgan fingerprint density at radius 1 is 0.846 bits per heavy atom. The molecule has 0 nitrogen and oxygen atoms in total. The number of hydrogen-bond donors (Lipinski definition) is 0. The van der Waals surface area contributed by atoms with E-state index in [1.54, 1.807) is 0 Å². The molecule has 0 saturated carbocycles. The van der Waals surface area contributed by atoms with E-state index in [4.69, 9.17) is 18.6 Å². The van der Waals surface area contributed by atoms with Crippen molar-refractivity contribution in [2.24, 2.45) is 11.8 Å². The van der Waals surface area contributed by atoms with E-state index in [1.165, 1.54) is 22.3 Å². The van der Waals surface area contributed by atoms with Crippen LogP contribution in [0.2, 0.25) is 21.5 Å². The van der Waals surface area contributed by atoms with E-state index in [1.807, 2.05) is 0 Å². The topological polar surface area (TPSA) is 0 Å². The molecule has 0 spiro atoms. The van der Waals surface area contributed by atoms with Crippen molar-refractivity contribution in [3.8, 4) is 0 Å². The second-order valence-corrected chi connectivity index (χ2v) is 38.5. The van der Waals surface area contributed by atoms with Gasteiger partial charge < -0.3 is 0 Å². The molecule has 26 heavy (non-hydrogen) atoms. The minimum atomic E-state index is -3.89. The normalized spacial score (nSPS) is 25.3. The molecule has 2 atom stereocenters. The number of halogens is 2. The van der Waals surface area contributed by atoms with Crippen LogP contribution in [0.25, 0.3) is 0 Å². The van der Waals surface area contributed by atoms with Crippen molar-refractivity contribution in [1.29, 1.82) is 0 Å². The second kappa shape index (κ2) is 8.07. The summed E-state index contributed by atoms with van der Waals surface area (Å²) in [5.74, 6) is 1.07. The van der Waals surface area contributed by atoms with E-state index in [0.29, 0.717) is 20.3 Å². The van der Waals surface area contributed by atoms with Crippen LogP contribution < -0.4 is 0 Å². The Kier molecular flexibility index (Phi) is 7.06. The summed E-state index contributed by atoms with van der Waals surface area (Å²) < 4.78 is 0.597. The molecule has 2 aliphatic carbocycles. The van der Waals surface area contributed by atoms with E-state index >= 15 is 0 Å². The molecular formula is C22H37Cl2SiTi. The average molecular weight is 448 g/mol. The summed E-state index contributed by atoms with van der Waals surface area (Å²) in [4.78, 5) is 0. The fourth-order valence-corrected chi connectivity index (χ4v) is 24.0. The Bertz CT molecular complexity index is 628. The fraction of sp³-hybridized carbons (Fsp3) is 0.636. The van der Waals surface area contributed by atoms with Crippen LogP contribution in [0.5, 0.6) is 0 Å². The molecule has 0 saturated heterocycles. The molecule has 0 radical (unpaired) electrons. The van der Waals surface area contributed by atoms with Gasteiger partial charge in [-0.25, -0.2) is 0 Å². The van der Waals surface area contributed by atoms with Gasteiger partial charge in [-0.15, -0.1) is 0 Å². The predicted octanol–water partition coefficient (Wildman–Crippen LogP) is 8.41. The first-order valence-electron chi connectivity index (χ1n) is 10.4. The molecule has 2 unspecified atom stereocenters. The monoisotopic (exact) mass is 447 g/mol. The van der Waals surface area contributed by atoms with Crippen LogP contribution in [-0.2, 0) is 12.4 Å². The molecule has 0 bridgehead atoms. The third kappa shape index (κ3) is 3.69. The van der Waals surface area contributed by atoms with Gasteiger partial charge in [0.1, 0.15) is 0 Å². The molecule has 0 aliphatic heterocycles. The van der Waals surface area contributed by atoms with Gasteiger partial charge in [0.05, 0.1) is 0 Å². The van der Waals surface area contributed by atoms with E-state index in [-0.39, 0.29) is 0 Å². The molecule has 0 aromatic heterocycles. The summed E-state index contributed by atoms with van der Waals surface area (Å²) in [6, 6.07) is 0. The van der Waals surface area contributed by atoms with Gasteiger partial charge in [-0.05, 0) is 0 Å². The molecule has 147 valence electrons. The standard InChI is InChI=1S/2C10H15.C2H7Si.2ClH.Ti/c2*1-4-9-5-6-10(7-9)8(2)3;1-3-2;;;/h2*5-8H,4H2,1-3H3;3H,1-2H3;2*1H;/q;;;;;+2/p-2. The Morgan fingerprint density at radius 2 is 1.19 bits per heavy atom. The molecule has 0 N–H and O–H groups in total. The summed E-state index contributed by atoms with van der Waals surface area (Å²) in [6.07, 6.45) is 11.9. The van der Waals surface area contributed by atoms with Crippen molar-refractivity contribution in [2.45, 2.75) is 75.9 Å². The average Bonchev–Trinajstić information content (AvgIpc) is 3.19. The molecule has 0 heterocycles. The van der Waals surface area contributed by atoms with Gasteiger partial charge in [0.25, 0.3) is 0 Å². The van der Waals surface area contributed by atoms with Crippen molar-refractivity contribution in [3.05, 3.63) is 46.6 Å². The van der Waals surface area contributed by atoms with Crippen LogP contribution in [0.4, 0.5) is 0 Å². The van der Waals surface area contributed by atoms with E-state index < -0.39 is 19.1 Å². The van der Waals surface area contributed by atoms with E-state index in [0.717, 1.165) is 12.8 Å². The fourth-order valence-electron chi connectivity index (χ4n) is 4.60. The maximum atomic E-state index is 7.88. The van der Waals surface area contributed by atoms with Crippen LogP contribution >= 0.6 is 18.6 Å². The quantitative estimate of drug-likeness (QED) is 0.343. The molecule has 0 aromatic carbocycles. The molecule has 0 aromatic rings. The summed E-state index contributed by atoms with van der Waals surface area (Å²) in [5, 5.41) is 0. The third-order valence-corrected chi connectivity index (χ3v) is 42.2. The van der Waals surface area contributed by atoms with Crippen molar-refractivity contribution >= 4 is 25.3 Å². The molecular weight excluding hydrogens is 411 g/mol. The zero-order valence-electron chi connectivity index (χ0n) is 17.9. The van der Waals surface area contributed by atoms with Crippen LogP contribution in [-0.4, -0.2) is 6.66 Å². The zero-order chi connectivity index (χ0) is 19.9. The van der Waals surface area contributed by atoms with Gasteiger partial charge in [0.2, 0.25) is 0 Å². The molecule has 0 fully saturated rings. The van der Waals surface area contributed by atoms with E-state index in [9.17, 15) is 0 Å². The molecule has 2 rings (SSSR count). The van der Waals surface area contributed by atoms with E-state index in [2.05, 4.69) is 78.9 Å². The van der Waals surface area contributed by atoms with Gasteiger partial charge >= 0.3 is 172 Å². The van der Waals surface area contributed by atoms with Crippen LogP contribution in [0, 0.1) is 11.8 Å². The van der Waals surface area contributed by atoms with Crippen molar-refractivity contribution < 1.29 is 12.4 Å². The first kappa shape index (κ1) is 22.8. The van der Waals surface area contributed by atoms with Crippen LogP contribution in [0.15, 0.2) is 46.6 Å². The SMILES string of the molecule is CCC1=CC(C(C)C)=C[CH]1[Ti]([Cl])([Cl])([CH]1C=C(C(C)C)C=C1CC)[SiH](C)C. The van der Waals surface area contributed by atoms with Crippen LogP contribution in [0.3, 0.4) is 0 Å². The zero-order valence-corrected chi connectivity index (χ0v) is 22.1. The molecule has 0 amide bonds. The van der Waals surface area contributed by atoms with Gasteiger partial charge in [0, 0.05) is 0 Å². The Labute approximate surface area is 171 Å². The predicted molar refractivity (Wildman–Crippen MR) is 121 cm³/mol. The number of rotatable bonds is 7. The van der Waals surface area contributed by atoms with Crippen molar-refractivity contribution in [1.82, 2.24) is 0 Å². The Hall–Kier alpha value is 0.471. The summed E-state index contributed by atoms with van der Waals surface area (Å²) >= 11 is -3.89. The van der Waals surface area contributed by atoms with Gasteiger partial charge in [0.15, 0.2) is 0 Å². The molecule has 4 heteroatoms. The van der Waals surface area contributed by atoms with Gasteiger partial charge in [-0.2, -0.15) is 0 Å². The minimum absolute atomic E-state index is 0.298. The van der Waals surface area contributed by atoms with Crippen molar-refractivity contribution in [2.75, 3.05) is 0 Å². The summed E-state index contributed by atoms with van der Waals surface area (Å²) in [7, 11) is 15.8. The Morgan fingerprint density at radius 3 is 1.42 bits per heavy atom. The first-order valence-corrected chi connectivity index (χ1v) is 22.1. The third-order valence-electron chi connectivity index (χ3n) is 6.66. The van der Waals surface area contributed by atoms with Crippen LogP contribution in [0.1, 0.15) is 54.4 Å². The number of allylic oxidation sites excluding steroid dienone is 8. The summed E-state index contributed by atoms with van der Waals surface area (Å²) in [5.41, 5.74) is 5.84. The Balaban J connectivity index is 2.66. The second-order valence-electron chi connectivity index (χ2n) is 9.12. The molecule has 2 aliphatic rings. The van der Waals surface area contributed by atoms with Gasteiger partial charge in [-0.1, -0.05) is 0 Å². The van der Waals surface area contributed by atoms with Gasteiger partial charge in [-0.3, -0.25) is 0 Å².